The van der Waals surface area contributed by atoms with Gasteiger partial charge in [-0.05, 0) is 0 Å². The van der Waals surface area contributed by atoms with Gasteiger partial charge in [-0.3, -0.25) is 0 Å². The molecule has 0 aromatic carbocycles. The second-order valence-corrected chi connectivity index (χ2v) is 7.61. The quantitative estimate of drug-likeness (QED) is 0.404. The minimum atomic E-state index is -0.492. The maximum Gasteiger partial charge on any atom is -0.0844 e. The second kappa shape index (κ2) is 18.5. The van der Waals surface area contributed by atoms with E-state index in [-0.39, 0.29) is 11.1 Å². The summed E-state index contributed by atoms with van der Waals surface area (Å²) >= 11 is -0.492. The Hall–Kier alpha value is 0.208. The van der Waals surface area contributed by atoms with Crippen molar-refractivity contribution < 1.29 is 18.2 Å². The smallest absolute Gasteiger partial charge is 0.0844 e. The molecule has 0 unspecified atom stereocenters. The van der Waals surface area contributed by atoms with Crippen LogP contribution in [0.2, 0.25) is 0 Å². The Morgan fingerprint density at radius 3 is 1.00 bits per heavy atom. The molecule has 0 aliphatic heterocycles. The van der Waals surface area contributed by atoms with Crippen LogP contribution in [0.25, 0.3) is 10.6 Å². The summed E-state index contributed by atoms with van der Waals surface area (Å²) in [4.78, 5) is 0. The summed E-state index contributed by atoms with van der Waals surface area (Å²) < 4.78 is 9.34. The van der Waals surface area contributed by atoms with Crippen molar-refractivity contribution in [3.8, 4) is 0 Å². The molecule has 23 heavy (non-hydrogen) atoms. The van der Waals surface area contributed by atoms with E-state index in [0.29, 0.717) is 0 Å². The van der Waals surface area contributed by atoms with Gasteiger partial charge in [0.15, 0.2) is 0 Å². The second-order valence-electron chi connectivity index (χ2n) is 6.31. The molecule has 140 valence electrons. The number of nitrogens with zero attached hydrogens (tertiary/aromatic N) is 4. The molecule has 0 atom stereocenters. The van der Waals surface area contributed by atoms with E-state index >= 15 is 0 Å². The fourth-order valence-corrected chi connectivity index (χ4v) is 2.64. The minimum absolute atomic E-state index is 0.148. The molecular weight excluding hydrogens is 368 g/mol. The Labute approximate surface area is 155 Å². The van der Waals surface area contributed by atoms with Crippen LogP contribution in [0.15, 0.2) is 6.99 Å². The topological polar surface area (TPSA) is 52.9 Å². The van der Waals surface area contributed by atoms with Gasteiger partial charge in [-0.15, -0.1) is 0 Å². The molecule has 0 aromatic heterocycles. The molecule has 0 saturated heterocycles. The minimum Gasteiger partial charge on any atom is -0.663 e. The van der Waals surface area contributed by atoms with Crippen molar-refractivity contribution >= 4 is 0 Å². The van der Waals surface area contributed by atoms with Gasteiger partial charge in [-0.2, -0.15) is 26.2 Å². The first-order chi connectivity index (χ1) is 10.7. The first kappa shape index (κ1) is 28.0. The Morgan fingerprint density at radius 1 is 0.609 bits per heavy atom. The molecule has 0 aliphatic rings. The van der Waals surface area contributed by atoms with Gasteiger partial charge in [0.1, 0.15) is 0 Å². The van der Waals surface area contributed by atoms with Gasteiger partial charge >= 0.3 is 90.7 Å². The molecular formula is C18H42MoN4. The predicted molar refractivity (Wildman–Crippen MR) is 102 cm³/mol. The van der Waals surface area contributed by atoms with Crippen LogP contribution >= 0.6 is 0 Å². The summed E-state index contributed by atoms with van der Waals surface area (Å²) in [5, 5.41) is 7.94. The molecule has 0 aliphatic carbocycles. The average Bonchev–Trinajstić information content (AvgIpc) is 2.50. The van der Waals surface area contributed by atoms with Gasteiger partial charge in [0.25, 0.3) is 0 Å². The van der Waals surface area contributed by atoms with E-state index in [1.165, 1.54) is 0 Å². The van der Waals surface area contributed by atoms with Crippen LogP contribution in [-0.4, -0.2) is 37.3 Å². The Bertz CT molecular complexity index is 265. The first-order valence-electron chi connectivity index (χ1n) is 9.03. The van der Waals surface area contributed by atoms with Gasteiger partial charge in [0, 0.05) is 0 Å². The van der Waals surface area contributed by atoms with Gasteiger partial charge in [0.2, 0.25) is 0 Å². The molecule has 0 N–H and O–H groups in total. The van der Waals surface area contributed by atoms with Crippen molar-refractivity contribution in [2.24, 2.45) is 6.99 Å². The zero-order chi connectivity index (χ0) is 18.8. The summed E-state index contributed by atoms with van der Waals surface area (Å²) in [5.41, 5.74) is 0.297. The van der Waals surface area contributed by atoms with Crippen molar-refractivity contribution in [2.75, 3.05) is 26.2 Å². The standard InChI is InChI=1S/2C5H11N.2C4H10N.Mo/c2*1-4-5(2,3)6;2*1-3-5-4-2;/h2*4H2,1-3H3;2*3-4H2,1-2H3;/q;;2*-1;+2. The maximum absolute atomic E-state index is 4.67. The molecule has 0 radical (unpaired) electrons. The van der Waals surface area contributed by atoms with Crippen molar-refractivity contribution in [1.82, 2.24) is 0 Å². The Kier molecular flexibility index (Phi) is 22.6. The van der Waals surface area contributed by atoms with E-state index in [4.69, 9.17) is 0 Å². The van der Waals surface area contributed by atoms with Crippen molar-refractivity contribution in [2.45, 2.75) is 93.2 Å². The SMILES string of the molecule is CCC(C)(C)[N]=[Mo+2]=[N]C(C)(C)CC.CC[N-]CC.CC[N-]CC. The molecule has 0 fully saturated rings. The van der Waals surface area contributed by atoms with E-state index < -0.39 is 18.2 Å². The van der Waals surface area contributed by atoms with E-state index in [1.807, 2.05) is 27.7 Å². The largest absolute Gasteiger partial charge is 0.663 e. The molecule has 5 heteroatoms. The summed E-state index contributed by atoms with van der Waals surface area (Å²) in [5.74, 6) is 0. The number of hydrogen-bond donors (Lipinski definition) is 0. The van der Waals surface area contributed by atoms with Crippen LogP contribution in [0.4, 0.5) is 0 Å². The third kappa shape index (κ3) is 27.4. The Balaban J connectivity index is -0.000000329. The van der Waals surface area contributed by atoms with Crippen LogP contribution in [0.1, 0.15) is 82.1 Å². The van der Waals surface area contributed by atoms with Crippen LogP contribution in [-0.2, 0) is 18.2 Å². The fourth-order valence-electron chi connectivity index (χ4n) is 0.818. The molecule has 0 heterocycles. The molecule has 0 spiro atoms. The van der Waals surface area contributed by atoms with E-state index in [0.717, 1.165) is 39.0 Å². The first-order valence-corrected chi connectivity index (χ1v) is 10.8. The van der Waals surface area contributed by atoms with Gasteiger partial charge < -0.3 is 10.6 Å². The summed E-state index contributed by atoms with van der Waals surface area (Å²) in [7, 11) is 0. The molecule has 4 nitrogen and oxygen atoms in total. The summed E-state index contributed by atoms with van der Waals surface area (Å²) in [6.07, 6.45) is 2.22. The van der Waals surface area contributed by atoms with E-state index in [9.17, 15) is 0 Å². The molecule has 0 rings (SSSR count). The third-order valence-corrected chi connectivity index (χ3v) is 6.03. The predicted octanol–water partition coefficient (Wildman–Crippen LogP) is 6.61. The van der Waals surface area contributed by atoms with Gasteiger partial charge in [0.05, 0.1) is 0 Å². The summed E-state index contributed by atoms with van der Waals surface area (Å²) in [6.45, 7) is 25.2. The van der Waals surface area contributed by atoms with Crippen molar-refractivity contribution in [3.63, 3.8) is 0 Å². The van der Waals surface area contributed by atoms with E-state index in [1.54, 1.807) is 0 Å². The average molecular weight is 411 g/mol. The van der Waals surface area contributed by atoms with E-state index in [2.05, 4.69) is 59.2 Å². The fraction of sp³-hybridized carbons (Fsp3) is 1.00. The maximum atomic E-state index is 4.67. The third-order valence-electron chi connectivity index (χ3n) is 3.20. The normalized spacial score (nSPS) is 10.5. The van der Waals surface area contributed by atoms with Crippen LogP contribution < -0.4 is 0 Å². The molecule has 0 aromatic rings. The zero-order valence-corrected chi connectivity index (χ0v) is 19.4. The van der Waals surface area contributed by atoms with Gasteiger partial charge in [-0.1, -0.05) is 27.7 Å². The van der Waals surface area contributed by atoms with Gasteiger partial charge in [-0.25, -0.2) is 0 Å². The molecule has 0 bridgehead atoms. The zero-order valence-electron chi connectivity index (χ0n) is 17.4. The Morgan fingerprint density at radius 2 is 0.870 bits per heavy atom. The monoisotopic (exact) mass is 412 g/mol. The number of hydrogen-bond acceptors (Lipinski definition) is 2. The number of rotatable bonds is 8. The molecule has 0 saturated carbocycles. The van der Waals surface area contributed by atoms with Crippen LogP contribution in [0, 0.1) is 0 Å². The van der Waals surface area contributed by atoms with Crippen LogP contribution in [0.3, 0.4) is 0 Å². The summed E-state index contributed by atoms with van der Waals surface area (Å²) in [6, 6.07) is 0. The van der Waals surface area contributed by atoms with Crippen molar-refractivity contribution in [3.05, 3.63) is 10.6 Å². The van der Waals surface area contributed by atoms with Crippen LogP contribution in [0.5, 0.6) is 0 Å². The van der Waals surface area contributed by atoms with Crippen molar-refractivity contribution in [1.29, 1.82) is 0 Å². The molecule has 0 amide bonds.